The highest BCUT2D eigenvalue weighted by molar-refractivity contribution is 7.98. The molecule has 3 aromatic rings. The summed E-state index contributed by atoms with van der Waals surface area (Å²) in [6.07, 6.45) is 11.1. The number of aromatic nitrogens is 4. The molecule has 1 saturated heterocycles. The van der Waals surface area contributed by atoms with Gasteiger partial charge in [-0.05, 0) is 18.4 Å². The van der Waals surface area contributed by atoms with Gasteiger partial charge in [0.25, 0.3) is 0 Å². The Bertz CT molecular complexity index is 864. The standard InChI is InChI=1S/C21H25N5S/c1-2-19-23-10-12-26(19)18-9-6-11-25(15-18)20-13-22-14-21(24-20)27-16-17-7-4-3-5-8-17/h3-5,7-8,10,12-14,18H,2,6,9,11,15-16H2,1H3. The number of hydrogen-bond donors (Lipinski definition) is 0. The third-order valence-electron chi connectivity index (χ3n) is 5.01. The Kier molecular flexibility index (Phi) is 5.72. The van der Waals surface area contributed by atoms with Crippen LogP contribution in [0.4, 0.5) is 5.82 Å². The molecule has 1 aliphatic heterocycles. The molecule has 0 amide bonds. The minimum atomic E-state index is 0.457. The Balaban J connectivity index is 1.45. The average Bonchev–Trinajstić information content (AvgIpc) is 3.22. The molecule has 0 radical (unpaired) electrons. The Morgan fingerprint density at radius 1 is 1.19 bits per heavy atom. The molecule has 0 spiro atoms. The Hall–Kier alpha value is -2.34. The van der Waals surface area contributed by atoms with Gasteiger partial charge < -0.3 is 9.47 Å². The average molecular weight is 380 g/mol. The molecule has 5 nitrogen and oxygen atoms in total. The lowest BCUT2D eigenvalue weighted by molar-refractivity contribution is 0.394. The fraction of sp³-hybridized carbons (Fsp3) is 0.381. The van der Waals surface area contributed by atoms with E-state index in [1.165, 1.54) is 17.8 Å². The van der Waals surface area contributed by atoms with E-state index in [1.54, 1.807) is 11.8 Å². The summed E-state index contributed by atoms with van der Waals surface area (Å²) >= 11 is 1.74. The van der Waals surface area contributed by atoms with E-state index in [-0.39, 0.29) is 0 Å². The molecule has 2 aromatic heterocycles. The Morgan fingerprint density at radius 3 is 2.93 bits per heavy atom. The van der Waals surface area contributed by atoms with Crippen molar-refractivity contribution in [2.24, 2.45) is 0 Å². The van der Waals surface area contributed by atoms with Gasteiger partial charge in [-0.1, -0.05) is 37.3 Å². The quantitative estimate of drug-likeness (QED) is 0.595. The van der Waals surface area contributed by atoms with Crippen LogP contribution in [-0.4, -0.2) is 32.6 Å². The van der Waals surface area contributed by atoms with Gasteiger partial charge in [-0.25, -0.2) is 9.97 Å². The predicted octanol–water partition coefficient (Wildman–Crippen LogP) is 4.37. The van der Waals surface area contributed by atoms with Crippen LogP contribution in [0, 0.1) is 0 Å². The normalized spacial score (nSPS) is 17.2. The largest absolute Gasteiger partial charge is 0.353 e. The van der Waals surface area contributed by atoms with Gasteiger partial charge in [0.1, 0.15) is 16.7 Å². The molecule has 0 saturated carbocycles. The van der Waals surface area contributed by atoms with Crippen LogP contribution in [0.3, 0.4) is 0 Å². The highest BCUT2D eigenvalue weighted by Crippen LogP contribution is 2.28. The lowest BCUT2D eigenvalue weighted by Crippen LogP contribution is -2.37. The molecule has 1 fully saturated rings. The second-order valence-corrected chi connectivity index (χ2v) is 7.83. The topological polar surface area (TPSA) is 46.8 Å². The summed E-state index contributed by atoms with van der Waals surface area (Å²) in [5.74, 6) is 3.06. The molecule has 1 aliphatic rings. The van der Waals surface area contributed by atoms with Crippen LogP contribution in [0.15, 0.2) is 60.1 Å². The number of hydrogen-bond acceptors (Lipinski definition) is 5. The van der Waals surface area contributed by atoms with E-state index < -0.39 is 0 Å². The van der Waals surface area contributed by atoms with Crippen LogP contribution in [0.2, 0.25) is 0 Å². The fourth-order valence-electron chi connectivity index (χ4n) is 3.63. The molecule has 27 heavy (non-hydrogen) atoms. The second-order valence-electron chi connectivity index (χ2n) is 6.84. The molecule has 140 valence electrons. The number of imidazole rings is 1. The van der Waals surface area contributed by atoms with Crippen molar-refractivity contribution in [3.05, 3.63) is 66.5 Å². The van der Waals surface area contributed by atoms with Gasteiger partial charge in [0, 0.05) is 37.7 Å². The third-order valence-corrected chi connectivity index (χ3v) is 5.98. The van der Waals surface area contributed by atoms with Crippen molar-refractivity contribution in [1.82, 2.24) is 19.5 Å². The molecule has 4 rings (SSSR count). The summed E-state index contributed by atoms with van der Waals surface area (Å²) in [5, 5.41) is 0.982. The minimum Gasteiger partial charge on any atom is -0.353 e. The smallest absolute Gasteiger partial charge is 0.148 e. The number of aryl methyl sites for hydroxylation is 1. The van der Waals surface area contributed by atoms with E-state index in [9.17, 15) is 0 Å². The first-order chi connectivity index (χ1) is 13.3. The molecular formula is C21H25N5S. The zero-order valence-corrected chi connectivity index (χ0v) is 16.5. The zero-order valence-electron chi connectivity index (χ0n) is 15.7. The van der Waals surface area contributed by atoms with E-state index in [2.05, 4.69) is 56.8 Å². The van der Waals surface area contributed by atoms with Gasteiger partial charge in [0.05, 0.1) is 18.4 Å². The first-order valence-corrected chi connectivity index (χ1v) is 10.6. The van der Waals surface area contributed by atoms with E-state index >= 15 is 0 Å². The maximum atomic E-state index is 4.87. The van der Waals surface area contributed by atoms with Gasteiger partial charge in [-0.3, -0.25) is 4.98 Å². The molecular weight excluding hydrogens is 354 g/mol. The SMILES string of the molecule is CCc1nccn1C1CCCN(c2cncc(SCc3ccccc3)n2)C1. The predicted molar refractivity (Wildman–Crippen MR) is 110 cm³/mol. The first-order valence-electron chi connectivity index (χ1n) is 9.59. The number of thioether (sulfide) groups is 1. The van der Waals surface area contributed by atoms with Gasteiger partial charge in [-0.15, -0.1) is 11.8 Å². The van der Waals surface area contributed by atoms with Crippen LogP contribution in [0.1, 0.15) is 37.2 Å². The van der Waals surface area contributed by atoms with Crippen molar-refractivity contribution >= 4 is 17.6 Å². The van der Waals surface area contributed by atoms with Crippen LogP contribution < -0.4 is 4.90 Å². The first kappa shape index (κ1) is 18.0. The molecule has 0 N–H and O–H groups in total. The minimum absolute atomic E-state index is 0.457. The number of anilines is 1. The van der Waals surface area contributed by atoms with Crippen LogP contribution in [-0.2, 0) is 12.2 Å². The summed E-state index contributed by atoms with van der Waals surface area (Å²) in [5.41, 5.74) is 1.31. The monoisotopic (exact) mass is 379 g/mol. The van der Waals surface area contributed by atoms with Crippen molar-refractivity contribution in [2.45, 2.75) is 43.0 Å². The van der Waals surface area contributed by atoms with Crippen LogP contribution in [0.5, 0.6) is 0 Å². The van der Waals surface area contributed by atoms with Gasteiger partial charge in [0.15, 0.2) is 0 Å². The fourth-order valence-corrected chi connectivity index (χ4v) is 4.43. The number of benzene rings is 1. The second kappa shape index (κ2) is 8.57. The highest BCUT2D eigenvalue weighted by Gasteiger charge is 2.23. The van der Waals surface area contributed by atoms with Crippen LogP contribution in [0.25, 0.3) is 0 Å². The van der Waals surface area contributed by atoms with Crippen molar-refractivity contribution in [3.63, 3.8) is 0 Å². The summed E-state index contributed by atoms with van der Waals surface area (Å²) in [4.78, 5) is 16.2. The third kappa shape index (κ3) is 4.33. The molecule has 1 unspecified atom stereocenters. The lowest BCUT2D eigenvalue weighted by Gasteiger charge is -2.34. The summed E-state index contributed by atoms with van der Waals surface area (Å²) in [7, 11) is 0. The molecule has 3 heterocycles. The number of piperidine rings is 1. The molecule has 1 atom stereocenters. The Labute approximate surface area is 164 Å². The maximum Gasteiger partial charge on any atom is 0.148 e. The number of nitrogens with zero attached hydrogens (tertiary/aromatic N) is 5. The molecule has 6 heteroatoms. The molecule has 1 aromatic carbocycles. The highest BCUT2D eigenvalue weighted by atomic mass is 32.2. The summed E-state index contributed by atoms with van der Waals surface area (Å²) < 4.78 is 2.34. The Morgan fingerprint density at radius 2 is 2.07 bits per heavy atom. The van der Waals surface area contributed by atoms with Gasteiger partial charge >= 0.3 is 0 Å². The van der Waals surface area contributed by atoms with Crippen molar-refractivity contribution in [2.75, 3.05) is 18.0 Å². The maximum absolute atomic E-state index is 4.87. The van der Waals surface area contributed by atoms with Gasteiger partial charge in [0.2, 0.25) is 0 Å². The van der Waals surface area contributed by atoms with E-state index in [1.807, 2.05) is 24.7 Å². The number of rotatable bonds is 6. The molecule has 0 aliphatic carbocycles. The van der Waals surface area contributed by atoms with E-state index in [0.717, 1.165) is 42.5 Å². The van der Waals surface area contributed by atoms with Crippen LogP contribution >= 0.6 is 11.8 Å². The zero-order chi connectivity index (χ0) is 18.5. The summed E-state index contributed by atoms with van der Waals surface area (Å²) in [6, 6.07) is 11.0. The van der Waals surface area contributed by atoms with Crippen molar-refractivity contribution in [1.29, 1.82) is 0 Å². The lowest BCUT2D eigenvalue weighted by atomic mass is 10.1. The molecule has 0 bridgehead atoms. The van der Waals surface area contributed by atoms with E-state index in [0.29, 0.717) is 6.04 Å². The summed E-state index contributed by atoms with van der Waals surface area (Å²) in [6.45, 7) is 4.16. The van der Waals surface area contributed by atoms with Gasteiger partial charge in [-0.2, -0.15) is 0 Å². The van der Waals surface area contributed by atoms with Crippen molar-refractivity contribution in [3.8, 4) is 0 Å². The van der Waals surface area contributed by atoms with Crippen molar-refractivity contribution < 1.29 is 0 Å². The van der Waals surface area contributed by atoms with E-state index in [4.69, 9.17) is 4.98 Å².